The number of unbranched alkanes of at least 4 members (excludes halogenated alkanes) is 1. The Morgan fingerprint density at radius 1 is 1.12 bits per heavy atom. The van der Waals surface area contributed by atoms with Crippen LogP contribution in [-0.4, -0.2) is 32.3 Å². The van der Waals surface area contributed by atoms with Gasteiger partial charge in [0.25, 0.3) is 0 Å². The van der Waals surface area contributed by atoms with Gasteiger partial charge in [-0.15, -0.1) is 0 Å². The molecule has 6 heteroatoms. The van der Waals surface area contributed by atoms with Gasteiger partial charge >= 0.3 is 6.18 Å². The van der Waals surface area contributed by atoms with E-state index in [1.54, 1.807) is 7.05 Å². The van der Waals surface area contributed by atoms with Crippen molar-refractivity contribution >= 4 is 5.96 Å². The van der Waals surface area contributed by atoms with Gasteiger partial charge in [0.05, 0.1) is 0 Å². The average molecular weight is 239 g/mol. The van der Waals surface area contributed by atoms with Crippen LogP contribution in [0.25, 0.3) is 0 Å². The van der Waals surface area contributed by atoms with E-state index in [9.17, 15) is 13.2 Å². The van der Waals surface area contributed by atoms with Crippen LogP contribution in [0.2, 0.25) is 0 Å². The van der Waals surface area contributed by atoms with Crippen LogP contribution in [-0.2, 0) is 0 Å². The fraction of sp³-hybridized carbons (Fsp3) is 0.900. The summed E-state index contributed by atoms with van der Waals surface area (Å²) < 4.78 is 35.5. The average Bonchev–Trinajstić information content (AvgIpc) is 2.20. The van der Waals surface area contributed by atoms with Gasteiger partial charge in [0, 0.05) is 26.6 Å². The molecule has 0 fully saturated rings. The molecule has 0 aromatic carbocycles. The Morgan fingerprint density at radius 2 is 1.75 bits per heavy atom. The summed E-state index contributed by atoms with van der Waals surface area (Å²) in [5.74, 6) is 0.647. The van der Waals surface area contributed by atoms with Crippen LogP contribution in [0, 0.1) is 0 Å². The molecule has 0 atom stereocenters. The van der Waals surface area contributed by atoms with Crippen molar-refractivity contribution in [1.29, 1.82) is 0 Å². The summed E-state index contributed by atoms with van der Waals surface area (Å²) in [5, 5.41) is 6.00. The van der Waals surface area contributed by atoms with Crippen LogP contribution >= 0.6 is 0 Å². The first-order valence-electron chi connectivity index (χ1n) is 5.51. The highest BCUT2D eigenvalue weighted by molar-refractivity contribution is 5.79. The Labute approximate surface area is 94.5 Å². The van der Waals surface area contributed by atoms with Crippen molar-refractivity contribution in [2.45, 2.75) is 38.8 Å². The van der Waals surface area contributed by atoms with Gasteiger partial charge in [-0.3, -0.25) is 4.99 Å². The number of aliphatic imine (C=N–C) groups is 1. The summed E-state index contributed by atoms with van der Waals surface area (Å²) >= 11 is 0. The summed E-state index contributed by atoms with van der Waals surface area (Å²) in [6.07, 6.45) is -3.12. The maximum atomic E-state index is 11.8. The SMILES string of the molecule is CCCNC(=NC)NCCCCC(F)(F)F. The zero-order valence-electron chi connectivity index (χ0n) is 9.82. The maximum absolute atomic E-state index is 11.8. The van der Waals surface area contributed by atoms with Crippen molar-refractivity contribution in [3.05, 3.63) is 0 Å². The monoisotopic (exact) mass is 239 g/mol. The lowest BCUT2D eigenvalue weighted by Gasteiger charge is -2.11. The van der Waals surface area contributed by atoms with Gasteiger partial charge in [-0.1, -0.05) is 6.92 Å². The molecular formula is C10H20F3N3. The molecule has 0 unspecified atom stereocenters. The molecule has 0 aliphatic rings. The maximum Gasteiger partial charge on any atom is 0.389 e. The van der Waals surface area contributed by atoms with Crippen molar-refractivity contribution < 1.29 is 13.2 Å². The highest BCUT2D eigenvalue weighted by Crippen LogP contribution is 2.21. The molecule has 0 rings (SSSR count). The van der Waals surface area contributed by atoms with E-state index in [1.165, 1.54) is 0 Å². The minimum absolute atomic E-state index is 0.154. The molecule has 0 aromatic heterocycles. The zero-order valence-corrected chi connectivity index (χ0v) is 9.82. The summed E-state index contributed by atoms with van der Waals surface area (Å²) in [5.41, 5.74) is 0. The van der Waals surface area contributed by atoms with Crippen LogP contribution in [0.4, 0.5) is 13.2 Å². The fourth-order valence-electron chi connectivity index (χ4n) is 1.12. The molecule has 0 bridgehead atoms. The van der Waals surface area contributed by atoms with Crippen LogP contribution in [0.1, 0.15) is 32.6 Å². The third kappa shape index (κ3) is 9.61. The lowest BCUT2D eigenvalue weighted by molar-refractivity contribution is -0.135. The highest BCUT2D eigenvalue weighted by atomic mass is 19.4. The third-order valence-corrected chi connectivity index (χ3v) is 1.95. The van der Waals surface area contributed by atoms with E-state index in [4.69, 9.17) is 0 Å². The Kier molecular flexibility index (Phi) is 7.76. The molecule has 0 amide bonds. The number of hydrogen-bond donors (Lipinski definition) is 2. The zero-order chi connectivity index (χ0) is 12.4. The molecule has 2 N–H and O–H groups in total. The predicted octanol–water partition coefficient (Wildman–Crippen LogP) is 2.29. The second kappa shape index (κ2) is 8.24. The first kappa shape index (κ1) is 15.1. The smallest absolute Gasteiger partial charge is 0.356 e. The Bertz CT molecular complexity index is 202. The molecule has 96 valence electrons. The minimum Gasteiger partial charge on any atom is -0.356 e. The Morgan fingerprint density at radius 3 is 2.25 bits per heavy atom. The van der Waals surface area contributed by atoms with E-state index < -0.39 is 12.6 Å². The number of nitrogens with zero attached hydrogens (tertiary/aromatic N) is 1. The molecular weight excluding hydrogens is 219 g/mol. The molecule has 0 heterocycles. The largest absolute Gasteiger partial charge is 0.389 e. The molecule has 0 aromatic rings. The second-order valence-corrected chi connectivity index (χ2v) is 3.50. The molecule has 3 nitrogen and oxygen atoms in total. The van der Waals surface area contributed by atoms with Crippen LogP contribution in [0.5, 0.6) is 0 Å². The fourth-order valence-corrected chi connectivity index (χ4v) is 1.12. The summed E-state index contributed by atoms with van der Waals surface area (Å²) in [7, 11) is 1.64. The van der Waals surface area contributed by atoms with Gasteiger partial charge in [-0.05, 0) is 19.3 Å². The number of halogens is 3. The van der Waals surface area contributed by atoms with Gasteiger partial charge in [-0.2, -0.15) is 13.2 Å². The lowest BCUT2D eigenvalue weighted by atomic mass is 10.2. The van der Waals surface area contributed by atoms with Crippen LogP contribution in [0.3, 0.4) is 0 Å². The van der Waals surface area contributed by atoms with Crippen molar-refractivity contribution in [3.8, 4) is 0 Å². The first-order valence-corrected chi connectivity index (χ1v) is 5.51. The Balaban J connectivity index is 3.49. The quantitative estimate of drug-likeness (QED) is 0.424. The number of nitrogens with one attached hydrogen (secondary N) is 2. The number of guanidine groups is 1. The molecule has 0 saturated carbocycles. The normalized spacial score (nSPS) is 12.7. The van der Waals surface area contributed by atoms with E-state index in [0.717, 1.165) is 13.0 Å². The van der Waals surface area contributed by atoms with Crippen LogP contribution in [0.15, 0.2) is 4.99 Å². The Hall–Kier alpha value is -0.940. The van der Waals surface area contributed by atoms with Gasteiger partial charge < -0.3 is 10.6 Å². The number of alkyl halides is 3. The van der Waals surface area contributed by atoms with E-state index in [1.807, 2.05) is 6.92 Å². The van der Waals surface area contributed by atoms with Crippen LogP contribution < -0.4 is 10.6 Å². The van der Waals surface area contributed by atoms with E-state index in [2.05, 4.69) is 15.6 Å². The minimum atomic E-state index is -4.04. The van der Waals surface area contributed by atoms with E-state index >= 15 is 0 Å². The first-order chi connectivity index (χ1) is 7.49. The standard InChI is InChI=1S/C10H20F3N3/c1-3-7-15-9(14-2)16-8-5-4-6-10(11,12)13/h3-8H2,1-2H3,(H2,14,15,16). The number of rotatable bonds is 6. The molecule has 0 saturated heterocycles. The van der Waals surface area contributed by atoms with Gasteiger partial charge in [-0.25, -0.2) is 0 Å². The van der Waals surface area contributed by atoms with Crippen molar-refractivity contribution in [3.63, 3.8) is 0 Å². The van der Waals surface area contributed by atoms with Crippen molar-refractivity contribution in [2.24, 2.45) is 4.99 Å². The third-order valence-electron chi connectivity index (χ3n) is 1.95. The topological polar surface area (TPSA) is 36.4 Å². The summed E-state index contributed by atoms with van der Waals surface area (Å²) in [6.45, 7) is 3.35. The second-order valence-electron chi connectivity index (χ2n) is 3.50. The predicted molar refractivity (Wildman–Crippen MR) is 59.6 cm³/mol. The van der Waals surface area contributed by atoms with E-state index in [-0.39, 0.29) is 6.42 Å². The van der Waals surface area contributed by atoms with E-state index in [0.29, 0.717) is 18.9 Å². The molecule has 0 aliphatic heterocycles. The summed E-state index contributed by atoms with van der Waals surface area (Å²) in [6, 6.07) is 0. The molecule has 0 spiro atoms. The molecule has 0 aliphatic carbocycles. The van der Waals surface area contributed by atoms with Gasteiger partial charge in [0.2, 0.25) is 0 Å². The van der Waals surface area contributed by atoms with Gasteiger partial charge in [0.15, 0.2) is 5.96 Å². The van der Waals surface area contributed by atoms with Crippen molar-refractivity contribution in [2.75, 3.05) is 20.1 Å². The lowest BCUT2D eigenvalue weighted by Crippen LogP contribution is -2.38. The van der Waals surface area contributed by atoms with Gasteiger partial charge in [0.1, 0.15) is 0 Å². The molecule has 16 heavy (non-hydrogen) atoms. The highest BCUT2D eigenvalue weighted by Gasteiger charge is 2.25. The van der Waals surface area contributed by atoms with Crippen molar-refractivity contribution in [1.82, 2.24) is 10.6 Å². The molecule has 0 radical (unpaired) electrons. The number of hydrogen-bond acceptors (Lipinski definition) is 1. The summed E-state index contributed by atoms with van der Waals surface area (Å²) in [4.78, 5) is 3.94.